The van der Waals surface area contributed by atoms with E-state index in [1.54, 1.807) is 54.0 Å². The van der Waals surface area contributed by atoms with Gasteiger partial charge in [0.2, 0.25) is 0 Å². The molecule has 2 heterocycles. The van der Waals surface area contributed by atoms with Crippen LogP contribution < -0.4 is 5.56 Å². The summed E-state index contributed by atoms with van der Waals surface area (Å²) in [5.41, 5.74) is 0.864. The van der Waals surface area contributed by atoms with Crippen molar-refractivity contribution < 1.29 is 14.3 Å². The highest BCUT2D eigenvalue weighted by atomic mass is 35.5. The van der Waals surface area contributed by atoms with E-state index in [-0.39, 0.29) is 29.1 Å². The normalized spacial score (nSPS) is 10.8. The van der Waals surface area contributed by atoms with Gasteiger partial charge in [0, 0.05) is 33.8 Å². The molecule has 144 valence electrons. The van der Waals surface area contributed by atoms with Crippen LogP contribution in [-0.4, -0.2) is 21.1 Å². The van der Waals surface area contributed by atoms with E-state index in [2.05, 4.69) is 4.98 Å². The second-order valence-corrected chi connectivity index (χ2v) is 7.41. The minimum atomic E-state index is -0.670. The van der Waals surface area contributed by atoms with Gasteiger partial charge in [-0.25, -0.2) is 9.78 Å². The summed E-state index contributed by atoms with van der Waals surface area (Å²) in [4.78, 5) is 42.3. The minimum Gasteiger partial charge on any atom is -0.456 e. The van der Waals surface area contributed by atoms with E-state index in [1.165, 1.54) is 27.9 Å². The maximum Gasteiger partial charge on any atom is 0.339 e. The molecule has 0 bridgehead atoms. The van der Waals surface area contributed by atoms with Crippen LogP contribution in [0, 0.1) is 0 Å². The molecule has 0 N–H and O–H groups in total. The van der Waals surface area contributed by atoms with Crippen LogP contribution in [0.4, 0.5) is 0 Å². The van der Waals surface area contributed by atoms with Crippen LogP contribution >= 0.6 is 22.9 Å². The quantitative estimate of drug-likeness (QED) is 0.357. The lowest BCUT2D eigenvalue weighted by atomic mass is 9.98. The molecule has 0 spiro atoms. The van der Waals surface area contributed by atoms with Crippen LogP contribution in [0.25, 0.3) is 4.96 Å². The number of aromatic nitrogens is 2. The number of carbonyl (C=O) groups excluding carboxylic acids is 2. The van der Waals surface area contributed by atoms with E-state index < -0.39 is 5.97 Å². The number of halogens is 1. The van der Waals surface area contributed by atoms with Crippen LogP contribution in [-0.2, 0) is 11.3 Å². The highest BCUT2D eigenvalue weighted by Crippen LogP contribution is 2.18. The largest absolute Gasteiger partial charge is 0.456 e. The molecule has 29 heavy (non-hydrogen) atoms. The SMILES string of the molecule is O=C(OCc1cc(=O)n2ccsc2n1)c1ccccc1C(=O)c1ccc(Cl)cc1. The fraction of sp³-hybridized carbons (Fsp3) is 0.0476. The van der Waals surface area contributed by atoms with Gasteiger partial charge in [-0.3, -0.25) is 14.0 Å². The molecule has 2 aromatic carbocycles. The molecule has 0 atom stereocenters. The third-order valence-corrected chi connectivity index (χ3v) is 5.21. The smallest absolute Gasteiger partial charge is 0.339 e. The number of esters is 1. The zero-order valence-electron chi connectivity index (χ0n) is 14.9. The second kappa shape index (κ2) is 7.98. The van der Waals surface area contributed by atoms with Gasteiger partial charge < -0.3 is 4.74 Å². The number of ketones is 1. The Labute approximate surface area is 174 Å². The van der Waals surface area contributed by atoms with Gasteiger partial charge >= 0.3 is 5.97 Å². The van der Waals surface area contributed by atoms with Gasteiger partial charge in [-0.05, 0) is 30.3 Å². The second-order valence-electron chi connectivity index (χ2n) is 6.10. The Hall–Kier alpha value is -3.29. The molecule has 0 amide bonds. The van der Waals surface area contributed by atoms with Crippen LogP contribution in [0.3, 0.4) is 0 Å². The summed E-state index contributed by atoms with van der Waals surface area (Å²) < 4.78 is 6.73. The van der Waals surface area contributed by atoms with Gasteiger partial charge in [0.15, 0.2) is 10.7 Å². The molecular weight excluding hydrogens is 412 g/mol. The van der Waals surface area contributed by atoms with Gasteiger partial charge in [0.05, 0.1) is 11.3 Å². The Morgan fingerprint density at radius 3 is 2.55 bits per heavy atom. The molecule has 0 saturated carbocycles. The lowest BCUT2D eigenvalue weighted by Gasteiger charge is -2.09. The van der Waals surface area contributed by atoms with Gasteiger partial charge in [-0.1, -0.05) is 29.8 Å². The number of benzene rings is 2. The average molecular weight is 425 g/mol. The van der Waals surface area contributed by atoms with Crippen molar-refractivity contribution in [2.45, 2.75) is 6.61 Å². The zero-order chi connectivity index (χ0) is 20.4. The molecule has 0 saturated heterocycles. The first-order valence-corrected chi connectivity index (χ1v) is 9.81. The van der Waals surface area contributed by atoms with Crippen molar-refractivity contribution in [1.82, 2.24) is 9.38 Å². The van der Waals surface area contributed by atoms with Crippen LogP contribution in [0.1, 0.15) is 32.0 Å². The van der Waals surface area contributed by atoms with Gasteiger partial charge in [0.1, 0.15) is 6.61 Å². The number of nitrogens with zero attached hydrogens (tertiary/aromatic N) is 2. The minimum absolute atomic E-state index is 0.140. The Morgan fingerprint density at radius 2 is 1.79 bits per heavy atom. The Balaban J connectivity index is 1.56. The summed E-state index contributed by atoms with van der Waals surface area (Å²) in [6.45, 7) is -0.175. The maximum absolute atomic E-state index is 12.8. The maximum atomic E-state index is 12.8. The predicted molar refractivity (Wildman–Crippen MR) is 110 cm³/mol. The van der Waals surface area contributed by atoms with Gasteiger partial charge in [-0.2, -0.15) is 0 Å². The first-order chi connectivity index (χ1) is 14.0. The molecule has 0 aliphatic rings. The van der Waals surface area contributed by atoms with E-state index in [0.717, 1.165) is 0 Å². The monoisotopic (exact) mass is 424 g/mol. The van der Waals surface area contributed by atoms with Crippen molar-refractivity contribution in [2.24, 2.45) is 0 Å². The third kappa shape index (κ3) is 3.96. The fourth-order valence-corrected chi connectivity index (χ4v) is 3.66. The molecule has 4 rings (SSSR count). The van der Waals surface area contributed by atoms with Crippen molar-refractivity contribution >= 4 is 39.7 Å². The summed E-state index contributed by atoms with van der Waals surface area (Å²) in [6, 6.07) is 14.1. The lowest BCUT2D eigenvalue weighted by molar-refractivity contribution is 0.0465. The van der Waals surface area contributed by atoms with E-state index in [9.17, 15) is 14.4 Å². The highest BCUT2D eigenvalue weighted by molar-refractivity contribution is 7.15. The summed E-state index contributed by atoms with van der Waals surface area (Å²) in [6.07, 6.45) is 1.63. The molecule has 4 aromatic rings. The standard InChI is InChI=1S/C21H13ClN2O4S/c22-14-7-5-13(6-8-14)19(26)16-3-1-2-4-17(16)20(27)28-12-15-11-18(25)24-9-10-29-21(24)23-15/h1-11H,12H2. The highest BCUT2D eigenvalue weighted by Gasteiger charge is 2.19. The Bertz CT molecular complexity index is 1280. The topological polar surface area (TPSA) is 77.7 Å². The number of fused-ring (bicyclic) bond motifs is 1. The molecule has 8 heteroatoms. The molecule has 0 fully saturated rings. The van der Waals surface area contributed by atoms with Crippen LogP contribution in [0.2, 0.25) is 5.02 Å². The molecular formula is C21H13ClN2O4S. The Morgan fingerprint density at radius 1 is 1.07 bits per heavy atom. The lowest BCUT2D eigenvalue weighted by Crippen LogP contribution is -2.16. The first-order valence-electron chi connectivity index (χ1n) is 8.55. The summed E-state index contributed by atoms with van der Waals surface area (Å²) in [5.74, 6) is -0.985. The van der Waals surface area contributed by atoms with Crippen LogP contribution in [0.15, 0.2) is 71.0 Å². The number of carbonyl (C=O) groups is 2. The third-order valence-electron chi connectivity index (χ3n) is 4.21. The Kier molecular flexibility index (Phi) is 5.24. The molecule has 0 unspecified atom stereocenters. The molecule has 6 nitrogen and oxygen atoms in total. The van der Waals surface area contributed by atoms with Gasteiger partial charge in [-0.15, -0.1) is 11.3 Å². The fourth-order valence-electron chi connectivity index (χ4n) is 2.79. The van der Waals surface area contributed by atoms with E-state index in [1.807, 2.05) is 0 Å². The molecule has 0 aliphatic carbocycles. The van der Waals surface area contributed by atoms with Crippen molar-refractivity contribution in [3.63, 3.8) is 0 Å². The van der Waals surface area contributed by atoms with E-state index in [0.29, 0.717) is 21.2 Å². The number of thiazole rings is 1. The molecule has 2 aromatic heterocycles. The summed E-state index contributed by atoms with van der Waals surface area (Å²) in [5, 5.41) is 2.26. The van der Waals surface area contributed by atoms with E-state index >= 15 is 0 Å². The average Bonchev–Trinajstić information content (AvgIpc) is 3.21. The summed E-state index contributed by atoms with van der Waals surface area (Å²) >= 11 is 7.18. The number of rotatable bonds is 5. The number of ether oxygens (including phenoxy) is 1. The van der Waals surface area contributed by atoms with Crippen molar-refractivity contribution in [3.05, 3.63) is 104 Å². The van der Waals surface area contributed by atoms with Crippen molar-refractivity contribution in [2.75, 3.05) is 0 Å². The summed E-state index contributed by atoms with van der Waals surface area (Å²) in [7, 11) is 0. The molecule has 0 aliphatic heterocycles. The molecule has 0 radical (unpaired) electrons. The first kappa shape index (κ1) is 19.0. The number of hydrogen-bond acceptors (Lipinski definition) is 6. The predicted octanol–water partition coefficient (Wildman–Crippen LogP) is 4.00. The zero-order valence-corrected chi connectivity index (χ0v) is 16.4. The number of hydrogen-bond donors (Lipinski definition) is 0. The van der Waals surface area contributed by atoms with Gasteiger partial charge in [0.25, 0.3) is 5.56 Å². The van der Waals surface area contributed by atoms with Crippen molar-refractivity contribution in [3.8, 4) is 0 Å². The van der Waals surface area contributed by atoms with Crippen molar-refractivity contribution in [1.29, 1.82) is 0 Å². The van der Waals surface area contributed by atoms with E-state index in [4.69, 9.17) is 16.3 Å². The van der Waals surface area contributed by atoms with Crippen LogP contribution in [0.5, 0.6) is 0 Å².